The highest BCUT2D eigenvalue weighted by Gasteiger charge is 2.38. The zero-order chi connectivity index (χ0) is 14.2. The molecule has 4 rings (SSSR count). The Morgan fingerprint density at radius 2 is 2.05 bits per heavy atom. The van der Waals surface area contributed by atoms with E-state index in [2.05, 4.69) is 24.4 Å². The Balaban J connectivity index is 1.31. The maximum absolute atomic E-state index is 6.01. The SMILES string of the molecule is CC(NCC1COc2ccccc2O1)C1CC2C=CC1C2. The minimum Gasteiger partial charge on any atom is -0.486 e. The van der Waals surface area contributed by atoms with Crippen molar-refractivity contribution in [3.63, 3.8) is 0 Å². The maximum atomic E-state index is 6.01. The summed E-state index contributed by atoms with van der Waals surface area (Å²) in [5, 5.41) is 3.67. The van der Waals surface area contributed by atoms with Gasteiger partial charge in [0.2, 0.25) is 0 Å². The smallest absolute Gasteiger partial charge is 0.161 e. The Morgan fingerprint density at radius 1 is 1.19 bits per heavy atom. The zero-order valence-corrected chi connectivity index (χ0v) is 12.5. The van der Waals surface area contributed by atoms with Crippen molar-refractivity contribution in [2.45, 2.75) is 31.9 Å². The number of rotatable bonds is 4. The molecule has 0 spiro atoms. The number of ether oxygens (including phenoxy) is 2. The molecule has 3 heteroatoms. The predicted molar refractivity (Wildman–Crippen MR) is 82.7 cm³/mol. The van der Waals surface area contributed by atoms with Crippen LogP contribution in [0, 0.1) is 17.8 Å². The van der Waals surface area contributed by atoms with Gasteiger partial charge in [0.15, 0.2) is 11.5 Å². The van der Waals surface area contributed by atoms with E-state index in [1.165, 1.54) is 12.8 Å². The lowest BCUT2D eigenvalue weighted by Crippen LogP contribution is -2.44. The molecule has 1 fully saturated rings. The first-order chi connectivity index (χ1) is 10.3. The van der Waals surface area contributed by atoms with Gasteiger partial charge in [-0.15, -0.1) is 0 Å². The summed E-state index contributed by atoms with van der Waals surface area (Å²) in [5.41, 5.74) is 0. The minimum absolute atomic E-state index is 0.108. The molecule has 2 bridgehead atoms. The van der Waals surface area contributed by atoms with E-state index < -0.39 is 0 Å². The van der Waals surface area contributed by atoms with Gasteiger partial charge in [0.05, 0.1) is 0 Å². The molecule has 0 aromatic heterocycles. The van der Waals surface area contributed by atoms with E-state index in [-0.39, 0.29) is 6.10 Å². The quantitative estimate of drug-likeness (QED) is 0.863. The Hall–Kier alpha value is -1.48. The van der Waals surface area contributed by atoms with Crippen LogP contribution in [-0.4, -0.2) is 25.3 Å². The lowest BCUT2D eigenvalue weighted by atomic mass is 9.87. The van der Waals surface area contributed by atoms with Crippen LogP contribution in [0.3, 0.4) is 0 Å². The van der Waals surface area contributed by atoms with Gasteiger partial charge in [-0.25, -0.2) is 0 Å². The third-order valence-corrected chi connectivity index (χ3v) is 5.21. The summed E-state index contributed by atoms with van der Waals surface area (Å²) in [5.74, 6) is 4.15. The molecule has 2 aliphatic carbocycles. The van der Waals surface area contributed by atoms with Crippen LogP contribution in [0.2, 0.25) is 0 Å². The fourth-order valence-electron chi connectivity index (χ4n) is 4.03. The number of nitrogens with one attached hydrogen (secondary N) is 1. The first-order valence-corrected chi connectivity index (χ1v) is 8.10. The fraction of sp³-hybridized carbons (Fsp3) is 0.556. The molecule has 1 N–H and O–H groups in total. The van der Waals surface area contributed by atoms with Gasteiger partial charge < -0.3 is 14.8 Å². The molecular formula is C18H23NO2. The predicted octanol–water partition coefficient (Wildman–Crippen LogP) is 3.02. The summed E-state index contributed by atoms with van der Waals surface area (Å²) >= 11 is 0. The fourth-order valence-corrected chi connectivity index (χ4v) is 4.03. The molecular weight excluding hydrogens is 262 g/mol. The summed E-state index contributed by atoms with van der Waals surface area (Å²) in [6, 6.07) is 8.45. The van der Waals surface area contributed by atoms with E-state index in [1.54, 1.807) is 0 Å². The summed E-state index contributed by atoms with van der Waals surface area (Å²) in [6.45, 7) is 3.80. The van der Waals surface area contributed by atoms with Gasteiger partial charge >= 0.3 is 0 Å². The van der Waals surface area contributed by atoms with Crippen molar-refractivity contribution in [3.8, 4) is 11.5 Å². The average molecular weight is 285 g/mol. The van der Waals surface area contributed by atoms with Crippen molar-refractivity contribution in [3.05, 3.63) is 36.4 Å². The first-order valence-electron chi connectivity index (χ1n) is 8.10. The minimum atomic E-state index is 0.108. The molecule has 1 saturated carbocycles. The van der Waals surface area contributed by atoms with Gasteiger partial charge in [-0.3, -0.25) is 0 Å². The molecule has 1 heterocycles. The standard InChI is InChI=1S/C18H23NO2/c1-12(16-9-13-6-7-14(16)8-13)19-10-15-11-20-17-4-2-3-5-18(17)21-15/h2-7,12-16,19H,8-11H2,1H3. The highest BCUT2D eigenvalue weighted by atomic mass is 16.6. The highest BCUT2D eigenvalue weighted by molar-refractivity contribution is 5.40. The van der Waals surface area contributed by atoms with Crippen molar-refractivity contribution in [1.82, 2.24) is 5.32 Å². The second kappa shape index (κ2) is 5.38. The monoisotopic (exact) mass is 285 g/mol. The van der Waals surface area contributed by atoms with Crippen LogP contribution in [0.1, 0.15) is 19.8 Å². The first kappa shape index (κ1) is 13.2. The van der Waals surface area contributed by atoms with Crippen molar-refractivity contribution < 1.29 is 9.47 Å². The van der Waals surface area contributed by atoms with Crippen LogP contribution in [0.5, 0.6) is 11.5 Å². The molecule has 0 saturated heterocycles. The second-order valence-corrected chi connectivity index (χ2v) is 6.64. The van der Waals surface area contributed by atoms with Crippen LogP contribution in [0.15, 0.2) is 36.4 Å². The number of benzene rings is 1. The van der Waals surface area contributed by atoms with Crippen LogP contribution >= 0.6 is 0 Å². The summed E-state index contributed by atoms with van der Waals surface area (Å²) in [7, 11) is 0. The Morgan fingerprint density at radius 3 is 2.81 bits per heavy atom. The molecule has 21 heavy (non-hydrogen) atoms. The number of allylic oxidation sites excluding steroid dienone is 2. The highest BCUT2D eigenvalue weighted by Crippen LogP contribution is 2.44. The lowest BCUT2D eigenvalue weighted by Gasteiger charge is -2.30. The van der Waals surface area contributed by atoms with Crippen molar-refractivity contribution in [2.75, 3.05) is 13.2 Å². The van der Waals surface area contributed by atoms with Crippen LogP contribution in [-0.2, 0) is 0 Å². The molecule has 3 nitrogen and oxygen atoms in total. The average Bonchev–Trinajstić information content (AvgIpc) is 3.15. The van der Waals surface area contributed by atoms with Crippen LogP contribution < -0.4 is 14.8 Å². The topological polar surface area (TPSA) is 30.5 Å². The van der Waals surface area contributed by atoms with E-state index in [4.69, 9.17) is 9.47 Å². The Kier molecular flexibility index (Phi) is 3.38. The molecule has 5 unspecified atom stereocenters. The third-order valence-electron chi connectivity index (χ3n) is 5.21. The third kappa shape index (κ3) is 2.55. The van der Waals surface area contributed by atoms with E-state index in [0.717, 1.165) is 35.8 Å². The maximum Gasteiger partial charge on any atom is 0.161 e. The second-order valence-electron chi connectivity index (χ2n) is 6.64. The van der Waals surface area contributed by atoms with Gasteiger partial charge in [-0.1, -0.05) is 24.3 Å². The van der Waals surface area contributed by atoms with Crippen molar-refractivity contribution in [1.29, 1.82) is 0 Å². The molecule has 1 aliphatic heterocycles. The number of fused-ring (bicyclic) bond motifs is 3. The number of hydrogen-bond donors (Lipinski definition) is 1. The largest absolute Gasteiger partial charge is 0.486 e. The molecule has 0 radical (unpaired) electrons. The number of para-hydroxylation sites is 2. The summed E-state index contributed by atoms with van der Waals surface area (Å²) in [6.07, 6.45) is 7.65. The normalized spacial score (nSPS) is 34.1. The van der Waals surface area contributed by atoms with Gasteiger partial charge in [0.1, 0.15) is 12.7 Å². The van der Waals surface area contributed by atoms with Crippen LogP contribution in [0.25, 0.3) is 0 Å². The number of hydrogen-bond acceptors (Lipinski definition) is 3. The van der Waals surface area contributed by atoms with E-state index in [0.29, 0.717) is 12.6 Å². The molecule has 0 amide bonds. The molecule has 5 atom stereocenters. The zero-order valence-electron chi connectivity index (χ0n) is 12.5. The van der Waals surface area contributed by atoms with E-state index in [1.807, 2.05) is 24.3 Å². The lowest BCUT2D eigenvalue weighted by molar-refractivity contribution is 0.0861. The van der Waals surface area contributed by atoms with Crippen molar-refractivity contribution >= 4 is 0 Å². The summed E-state index contributed by atoms with van der Waals surface area (Å²) < 4.78 is 11.8. The molecule has 112 valence electrons. The van der Waals surface area contributed by atoms with E-state index in [9.17, 15) is 0 Å². The van der Waals surface area contributed by atoms with Crippen molar-refractivity contribution in [2.24, 2.45) is 17.8 Å². The van der Waals surface area contributed by atoms with E-state index >= 15 is 0 Å². The molecule has 3 aliphatic rings. The van der Waals surface area contributed by atoms with Gasteiger partial charge in [-0.05, 0) is 49.7 Å². The molecule has 1 aromatic carbocycles. The summed E-state index contributed by atoms with van der Waals surface area (Å²) in [4.78, 5) is 0. The van der Waals surface area contributed by atoms with Crippen LogP contribution in [0.4, 0.5) is 0 Å². The Bertz CT molecular complexity index is 542. The molecule has 1 aromatic rings. The van der Waals surface area contributed by atoms with Gasteiger partial charge in [0, 0.05) is 12.6 Å². The van der Waals surface area contributed by atoms with Gasteiger partial charge in [0.25, 0.3) is 0 Å². The Labute approximate surface area is 126 Å². The van der Waals surface area contributed by atoms with Gasteiger partial charge in [-0.2, -0.15) is 0 Å².